The molecule has 1 aliphatic heterocycles. The molecule has 0 aliphatic carbocycles. The first-order chi connectivity index (χ1) is 10.6. The third-order valence-electron chi connectivity index (χ3n) is 2.57. The molecule has 0 saturated carbocycles. The monoisotopic (exact) mass is 420 g/mol. The van der Waals surface area contributed by atoms with Crippen molar-refractivity contribution in [2.75, 3.05) is 6.61 Å². The van der Waals surface area contributed by atoms with Gasteiger partial charge in [-0.25, -0.2) is 13.7 Å². The van der Waals surface area contributed by atoms with Crippen LogP contribution in [0.1, 0.15) is 0 Å². The first-order valence-electron chi connectivity index (χ1n) is 5.79. The van der Waals surface area contributed by atoms with Crippen LogP contribution >= 0.6 is 23.5 Å². The van der Waals surface area contributed by atoms with E-state index in [1.54, 1.807) is 0 Å². The highest BCUT2D eigenvalue weighted by atomic mass is 31.2. The zero-order chi connectivity index (χ0) is 18.9. The Morgan fingerprint density at radius 2 is 1.12 bits per heavy atom. The third-order valence-corrected chi connectivity index (χ3v) is 4.12. The molecule has 0 unspecified atom stereocenters. The van der Waals surface area contributed by atoms with Gasteiger partial charge < -0.3 is 44.3 Å². The SMILES string of the molecule is O=P(O)(O)O[C@@H]1[C@@H](OP(=O)(O)O)[C@H](O)O[C@H](CO)[C@@H]1OP(=O)(O)O. The van der Waals surface area contributed by atoms with Gasteiger partial charge in [-0.2, -0.15) is 0 Å². The fourth-order valence-corrected chi connectivity index (χ4v) is 3.55. The first-order valence-corrected chi connectivity index (χ1v) is 10.4. The highest BCUT2D eigenvalue weighted by Crippen LogP contribution is 2.49. The smallest absolute Gasteiger partial charge is 0.394 e. The van der Waals surface area contributed by atoms with Gasteiger partial charge in [-0.3, -0.25) is 13.6 Å². The average Bonchev–Trinajstić information content (AvgIpc) is 2.32. The number of phosphoric ester groups is 3. The summed E-state index contributed by atoms with van der Waals surface area (Å²) in [6, 6.07) is 0. The molecule has 15 nitrogen and oxygen atoms in total. The van der Waals surface area contributed by atoms with Crippen LogP contribution in [-0.4, -0.2) is 76.9 Å². The van der Waals surface area contributed by atoms with E-state index in [-0.39, 0.29) is 0 Å². The molecule has 1 aliphatic rings. The lowest BCUT2D eigenvalue weighted by molar-refractivity contribution is -0.276. The van der Waals surface area contributed by atoms with Crippen molar-refractivity contribution in [3.63, 3.8) is 0 Å². The van der Waals surface area contributed by atoms with E-state index in [0.29, 0.717) is 0 Å². The van der Waals surface area contributed by atoms with E-state index >= 15 is 0 Å². The Morgan fingerprint density at radius 3 is 1.50 bits per heavy atom. The molecule has 0 aromatic rings. The third kappa shape index (κ3) is 7.22. The topological polar surface area (TPSA) is 250 Å². The zero-order valence-corrected chi connectivity index (χ0v) is 14.1. The minimum Gasteiger partial charge on any atom is -0.394 e. The Balaban J connectivity index is 3.27. The summed E-state index contributed by atoms with van der Waals surface area (Å²) >= 11 is 0. The Bertz CT molecular complexity index is 560. The molecule has 5 atom stereocenters. The highest BCUT2D eigenvalue weighted by Gasteiger charge is 2.53. The molecule has 0 radical (unpaired) electrons. The standard InChI is InChI=1S/C6H15O15P3/c7-1-2-3(19-22(9,10)11)4(20-23(12,13)14)5(6(8)18-2)21-24(15,16)17/h2-8H,1H2,(H2,9,10,11)(H2,12,13,14)(H2,15,16,17)/t2-,3+,4+,5-,6-/m1/s1. The quantitative estimate of drug-likeness (QED) is 0.193. The number of ether oxygens (including phenoxy) is 1. The molecule has 0 spiro atoms. The molecule has 1 heterocycles. The van der Waals surface area contributed by atoms with Gasteiger partial charge in [-0.05, 0) is 0 Å². The summed E-state index contributed by atoms with van der Waals surface area (Å²) < 4.78 is 50.0. The normalized spacial score (nSPS) is 32.8. The number of aliphatic hydroxyl groups excluding tert-OH is 2. The van der Waals surface area contributed by atoms with Crippen LogP contribution in [0, 0.1) is 0 Å². The minimum absolute atomic E-state index is 1.06. The van der Waals surface area contributed by atoms with Gasteiger partial charge in [0.25, 0.3) is 0 Å². The van der Waals surface area contributed by atoms with Crippen LogP contribution < -0.4 is 0 Å². The molecule has 0 aromatic carbocycles. The summed E-state index contributed by atoms with van der Waals surface area (Å²) in [5.41, 5.74) is 0. The first kappa shape index (κ1) is 22.3. The molecule has 144 valence electrons. The summed E-state index contributed by atoms with van der Waals surface area (Å²) in [5, 5.41) is 18.7. The van der Waals surface area contributed by atoms with Gasteiger partial charge in [-0.15, -0.1) is 0 Å². The van der Waals surface area contributed by atoms with Crippen LogP contribution in [0.25, 0.3) is 0 Å². The molecule has 24 heavy (non-hydrogen) atoms. The van der Waals surface area contributed by atoms with Crippen molar-refractivity contribution in [1.82, 2.24) is 0 Å². The maximum atomic E-state index is 11.0. The maximum absolute atomic E-state index is 11.0. The van der Waals surface area contributed by atoms with Gasteiger partial charge in [0.2, 0.25) is 0 Å². The summed E-state index contributed by atoms with van der Waals surface area (Å²) in [7, 11) is -16.1. The molecule has 18 heteroatoms. The molecular weight excluding hydrogens is 405 g/mol. The number of aliphatic hydroxyl groups is 2. The Morgan fingerprint density at radius 1 is 0.750 bits per heavy atom. The fourth-order valence-electron chi connectivity index (χ4n) is 1.88. The van der Waals surface area contributed by atoms with E-state index in [1.807, 2.05) is 0 Å². The molecule has 1 saturated heterocycles. The Labute approximate surface area is 133 Å². The summed E-state index contributed by atoms with van der Waals surface area (Å²) in [4.78, 5) is 52.9. The molecular formula is C6H15O15P3. The van der Waals surface area contributed by atoms with Crippen molar-refractivity contribution < 1.29 is 71.6 Å². The fraction of sp³-hybridized carbons (Fsp3) is 1.00. The van der Waals surface area contributed by atoms with Crippen molar-refractivity contribution in [3.05, 3.63) is 0 Å². The van der Waals surface area contributed by atoms with Crippen molar-refractivity contribution >= 4 is 23.5 Å². The summed E-state index contributed by atoms with van der Waals surface area (Å²) in [6.07, 6.45) is -10.9. The van der Waals surface area contributed by atoms with Gasteiger partial charge in [0, 0.05) is 0 Å². The van der Waals surface area contributed by atoms with E-state index in [9.17, 15) is 18.8 Å². The lowest BCUT2D eigenvalue weighted by Gasteiger charge is -2.43. The largest absolute Gasteiger partial charge is 0.470 e. The van der Waals surface area contributed by atoms with Gasteiger partial charge in [0.1, 0.15) is 24.4 Å². The second-order valence-electron chi connectivity index (χ2n) is 4.43. The Hall–Kier alpha value is 0.210. The maximum Gasteiger partial charge on any atom is 0.470 e. The van der Waals surface area contributed by atoms with Crippen molar-refractivity contribution in [1.29, 1.82) is 0 Å². The van der Waals surface area contributed by atoms with Gasteiger partial charge >= 0.3 is 23.5 Å². The van der Waals surface area contributed by atoms with Crippen molar-refractivity contribution in [3.8, 4) is 0 Å². The minimum atomic E-state index is -5.42. The van der Waals surface area contributed by atoms with Gasteiger partial charge in [0.15, 0.2) is 6.29 Å². The second-order valence-corrected chi connectivity index (χ2v) is 8.01. The predicted molar refractivity (Wildman–Crippen MR) is 68.7 cm³/mol. The predicted octanol–water partition coefficient (Wildman–Crippen LogP) is -2.87. The number of rotatable bonds is 7. The zero-order valence-electron chi connectivity index (χ0n) is 11.4. The van der Waals surface area contributed by atoms with Crippen LogP contribution in [0.15, 0.2) is 0 Å². The number of phosphoric acid groups is 3. The molecule has 1 fully saturated rings. The molecule has 1 rings (SSSR count). The van der Waals surface area contributed by atoms with E-state index in [1.165, 1.54) is 0 Å². The molecule has 0 bridgehead atoms. The second kappa shape index (κ2) is 7.84. The molecule has 0 aromatic heterocycles. The van der Waals surface area contributed by atoms with Crippen LogP contribution in [0.5, 0.6) is 0 Å². The lowest BCUT2D eigenvalue weighted by atomic mass is 9.99. The van der Waals surface area contributed by atoms with Crippen molar-refractivity contribution in [2.45, 2.75) is 30.7 Å². The van der Waals surface area contributed by atoms with E-state index in [0.717, 1.165) is 0 Å². The Kier molecular flexibility index (Phi) is 7.27. The van der Waals surface area contributed by atoms with Gasteiger partial charge in [-0.1, -0.05) is 0 Å². The lowest BCUT2D eigenvalue weighted by Crippen LogP contribution is -2.60. The average molecular weight is 420 g/mol. The van der Waals surface area contributed by atoms with E-state index < -0.39 is 60.8 Å². The summed E-state index contributed by atoms with van der Waals surface area (Å²) in [6.45, 7) is -1.06. The van der Waals surface area contributed by atoms with E-state index in [4.69, 9.17) is 34.5 Å². The van der Waals surface area contributed by atoms with Crippen molar-refractivity contribution in [2.24, 2.45) is 0 Å². The van der Waals surface area contributed by atoms with Crippen LogP contribution in [-0.2, 0) is 32.0 Å². The molecule has 8 N–H and O–H groups in total. The van der Waals surface area contributed by atoms with E-state index in [2.05, 4.69) is 18.3 Å². The molecule has 0 amide bonds. The number of hydrogen-bond acceptors (Lipinski definition) is 9. The van der Waals surface area contributed by atoms with Crippen LogP contribution in [0.3, 0.4) is 0 Å². The summed E-state index contributed by atoms with van der Waals surface area (Å²) in [5.74, 6) is 0. The highest BCUT2D eigenvalue weighted by molar-refractivity contribution is 7.47. The van der Waals surface area contributed by atoms with Gasteiger partial charge in [0.05, 0.1) is 6.61 Å². The van der Waals surface area contributed by atoms with Crippen LogP contribution in [0.2, 0.25) is 0 Å². The van der Waals surface area contributed by atoms with Crippen LogP contribution in [0.4, 0.5) is 0 Å². The number of hydrogen-bond donors (Lipinski definition) is 8.